The number of hydrogen-bond donors (Lipinski definition) is 1. The molecule has 2 atom stereocenters. The average molecular weight is 409 g/mol. The van der Waals surface area contributed by atoms with Crippen LogP contribution in [0.25, 0.3) is 0 Å². The molecule has 0 spiro atoms. The molecule has 1 N–H and O–H groups in total. The molecular weight excluding hydrogens is 376 g/mol. The van der Waals surface area contributed by atoms with Gasteiger partial charge in [-0.05, 0) is 77.0 Å². The quantitative estimate of drug-likeness (QED) is 0.556. The van der Waals surface area contributed by atoms with Crippen LogP contribution in [-0.2, 0) is 4.79 Å². The van der Waals surface area contributed by atoms with E-state index < -0.39 is 0 Å². The molecule has 0 aromatic rings. The van der Waals surface area contributed by atoms with Gasteiger partial charge in [-0.1, -0.05) is 27.6 Å². The molecule has 140 valence electrons. The minimum Gasteiger partial charge on any atom is -0.353 e. The predicted octanol–water partition coefficient (Wildman–Crippen LogP) is 4.27. The maximum atomic E-state index is 13.2. The smallest absolute Gasteiger partial charge is 0.226 e. The van der Waals surface area contributed by atoms with Crippen molar-refractivity contribution in [1.82, 2.24) is 10.2 Å². The van der Waals surface area contributed by atoms with Gasteiger partial charge in [-0.25, -0.2) is 0 Å². The zero-order chi connectivity index (χ0) is 17.7. The van der Waals surface area contributed by atoms with Crippen LogP contribution in [0.2, 0.25) is 0 Å². The third-order valence-electron chi connectivity index (χ3n) is 7.15. The van der Waals surface area contributed by atoms with Crippen molar-refractivity contribution in [1.29, 1.82) is 0 Å². The number of carbonyl (C=O) groups is 1. The number of nitrogens with one attached hydrogen (secondary N) is 1. The van der Waals surface area contributed by atoms with Crippen LogP contribution >= 0.6 is 15.9 Å². The molecule has 3 nitrogen and oxygen atoms in total. The van der Waals surface area contributed by atoms with Gasteiger partial charge in [0.15, 0.2) is 0 Å². The zero-order valence-corrected chi connectivity index (χ0v) is 17.4. The Kier molecular flexibility index (Phi) is 4.81. The lowest BCUT2D eigenvalue weighted by molar-refractivity contribution is -0.145. The highest BCUT2D eigenvalue weighted by molar-refractivity contribution is 9.10. The molecule has 4 saturated carbocycles. The Morgan fingerprint density at radius 3 is 2.36 bits per heavy atom. The summed E-state index contributed by atoms with van der Waals surface area (Å²) in [5.41, 5.74) is 1.33. The van der Waals surface area contributed by atoms with Crippen LogP contribution in [0.15, 0.2) is 11.6 Å². The van der Waals surface area contributed by atoms with Gasteiger partial charge in [0, 0.05) is 30.0 Å². The van der Waals surface area contributed by atoms with Crippen LogP contribution in [0.4, 0.5) is 0 Å². The first kappa shape index (κ1) is 18.0. The van der Waals surface area contributed by atoms with Gasteiger partial charge in [0.05, 0.1) is 5.41 Å². The van der Waals surface area contributed by atoms with Gasteiger partial charge < -0.3 is 5.32 Å². The van der Waals surface area contributed by atoms with Crippen molar-refractivity contribution >= 4 is 21.8 Å². The van der Waals surface area contributed by atoms with Crippen molar-refractivity contribution in [3.05, 3.63) is 11.6 Å². The fraction of sp³-hybridized carbons (Fsp3) is 0.857. The van der Waals surface area contributed by atoms with E-state index in [4.69, 9.17) is 0 Å². The molecule has 4 aliphatic carbocycles. The molecule has 0 aromatic heterocycles. The molecule has 4 heteroatoms. The van der Waals surface area contributed by atoms with Gasteiger partial charge in [-0.3, -0.25) is 9.69 Å². The minimum atomic E-state index is -0.0627. The third-order valence-corrected chi connectivity index (χ3v) is 8.08. The fourth-order valence-corrected chi connectivity index (χ4v) is 7.78. The van der Waals surface area contributed by atoms with Gasteiger partial charge >= 0.3 is 0 Å². The van der Waals surface area contributed by atoms with E-state index in [1.54, 1.807) is 0 Å². The number of alkyl halides is 1. The molecule has 1 saturated heterocycles. The lowest BCUT2D eigenvalue weighted by Crippen LogP contribution is -2.59. The molecule has 0 radical (unpaired) electrons. The van der Waals surface area contributed by atoms with E-state index in [1.165, 1.54) is 24.8 Å². The molecule has 0 aromatic carbocycles. The average Bonchev–Trinajstić information content (AvgIpc) is 2.51. The van der Waals surface area contributed by atoms with Gasteiger partial charge in [-0.15, -0.1) is 0 Å². The SMILES string of the molecule is CC(C)=CCN1CCC(NC(=O)C23CC4CC(CC(Br)(C4)C2)C3)CC1. The van der Waals surface area contributed by atoms with E-state index in [9.17, 15) is 4.79 Å². The van der Waals surface area contributed by atoms with Crippen molar-refractivity contribution in [3.63, 3.8) is 0 Å². The van der Waals surface area contributed by atoms with Gasteiger partial charge in [0.1, 0.15) is 0 Å². The number of nitrogens with zero attached hydrogens (tertiary/aromatic N) is 1. The van der Waals surface area contributed by atoms with Crippen LogP contribution in [-0.4, -0.2) is 40.8 Å². The lowest BCUT2D eigenvalue weighted by atomic mass is 9.49. The summed E-state index contributed by atoms with van der Waals surface area (Å²) in [5, 5.41) is 3.48. The van der Waals surface area contributed by atoms with E-state index >= 15 is 0 Å². The first-order valence-electron chi connectivity index (χ1n) is 10.2. The van der Waals surface area contributed by atoms with E-state index in [-0.39, 0.29) is 9.74 Å². The van der Waals surface area contributed by atoms with Crippen molar-refractivity contribution in [2.24, 2.45) is 17.3 Å². The summed E-state index contributed by atoms with van der Waals surface area (Å²) < 4.78 is 0.266. The Labute approximate surface area is 161 Å². The molecule has 1 heterocycles. The van der Waals surface area contributed by atoms with E-state index in [2.05, 4.69) is 46.1 Å². The van der Waals surface area contributed by atoms with E-state index in [1.807, 2.05) is 0 Å². The number of likely N-dealkylation sites (tertiary alicyclic amines) is 1. The molecular formula is C21H33BrN2O. The molecule has 2 unspecified atom stereocenters. The monoisotopic (exact) mass is 408 g/mol. The summed E-state index contributed by atoms with van der Waals surface area (Å²) in [6, 6.07) is 0.384. The summed E-state index contributed by atoms with van der Waals surface area (Å²) in [4.78, 5) is 15.8. The maximum Gasteiger partial charge on any atom is 0.226 e. The van der Waals surface area contributed by atoms with Crippen LogP contribution in [0.3, 0.4) is 0 Å². The van der Waals surface area contributed by atoms with Crippen molar-refractivity contribution in [2.45, 2.75) is 75.6 Å². The molecule has 5 fully saturated rings. The Morgan fingerprint density at radius 2 is 1.80 bits per heavy atom. The Hall–Kier alpha value is -0.350. The summed E-state index contributed by atoms with van der Waals surface area (Å²) >= 11 is 4.03. The molecule has 4 bridgehead atoms. The first-order valence-corrected chi connectivity index (χ1v) is 11.0. The summed E-state index contributed by atoms with van der Waals surface area (Å²) in [5.74, 6) is 1.93. The number of amides is 1. The molecule has 1 amide bonds. The highest BCUT2D eigenvalue weighted by Gasteiger charge is 2.59. The van der Waals surface area contributed by atoms with Crippen LogP contribution in [0, 0.1) is 17.3 Å². The first-order chi connectivity index (χ1) is 11.9. The minimum absolute atomic E-state index is 0.0627. The second-order valence-corrected chi connectivity index (χ2v) is 11.4. The second-order valence-electron chi connectivity index (χ2n) is 9.72. The zero-order valence-electron chi connectivity index (χ0n) is 15.8. The maximum absolute atomic E-state index is 13.2. The Morgan fingerprint density at radius 1 is 1.16 bits per heavy atom. The van der Waals surface area contributed by atoms with Crippen molar-refractivity contribution in [3.8, 4) is 0 Å². The standard InChI is InChI=1S/C21H33BrN2O/c1-15(2)3-6-24-7-4-18(5-8-24)23-19(25)20-10-16-9-17(11-20)13-21(22,12-16)14-20/h3,16-18H,4-14H2,1-2H3,(H,23,25). The highest BCUT2D eigenvalue weighted by atomic mass is 79.9. The highest BCUT2D eigenvalue weighted by Crippen LogP contribution is 2.64. The fourth-order valence-electron chi connectivity index (χ4n) is 6.33. The van der Waals surface area contributed by atoms with Crippen LogP contribution in [0.5, 0.6) is 0 Å². The van der Waals surface area contributed by atoms with Gasteiger partial charge in [0.2, 0.25) is 5.91 Å². The normalized spacial score (nSPS) is 40.9. The summed E-state index contributed by atoms with van der Waals surface area (Å²) in [6.07, 6.45) is 11.8. The number of piperidine rings is 1. The number of allylic oxidation sites excluding steroid dienone is 1. The number of halogens is 1. The van der Waals surface area contributed by atoms with Crippen molar-refractivity contribution < 1.29 is 4.79 Å². The molecule has 1 aliphatic heterocycles. The van der Waals surface area contributed by atoms with Gasteiger partial charge in [0.25, 0.3) is 0 Å². The van der Waals surface area contributed by atoms with Crippen LogP contribution in [0.1, 0.15) is 65.2 Å². The largest absolute Gasteiger partial charge is 0.353 e. The molecule has 5 rings (SSSR count). The second kappa shape index (κ2) is 6.67. The van der Waals surface area contributed by atoms with Gasteiger partial charge in [-0.2, -0.15) is 0 Å². The van der Waals surface area contributed by atoms with E-state index in [0.29, 0.717) is 11.9 Å². The number of carbonyl (C=O) groups excluding carboxylic acids is 1. The number of rotatable bonds is 4. The Balaban J connectivity index is 1.33. The number of hydrogen-bond acceptors (Lipinski definition) is 2. The summed E-state index contributed by atoms with van der Waals surface area (Å²) in [7, 11) is 0. The summed E-state index contributed by atoms with van der Waals surface area (Å²) in [6.45, 7) is 7.59. The van der Waals surface area contributed by atoms with Crippen LogP contribution < -0.4 is 5.32 Å². The predicted molar refractivity (Wildman–Crippen MR) is 106 cm³/mol. The molecule has 25 heavy (non-hydrogen) atoms. The molecule has 5 aliphatic rings. The Bertz CT molecular complexity index is 546. The topological polar surface area (TPSA) is 32.3 Å². The van der Waals surface area contributed by atoms with E-state index in [0.717, 1.165) is 63.6 Å². The lowest BCUT2D eigenvalue weighted by Gasteiger charge is -2.59. The van der Waals surface area contributed by atoms with Crippen molar-refractivity contribution in [2.75, 3.05) is 19.6 Å². The third kappa shape index (κ3) is 3.71.